The van der Waals surface area contributed by atoms with Crippen LogP contribution in [0.25, 0.3) is 0 Å². The summed E-state index contributed by atoms with van der Waals surface area (Å²) in [4.78, 5) is 1.54. The van der Waals surface area contributed by atoms with Crippen molar-refractivity contribution < 1.29 is 13.2 Å². The molecule has 2 nitrogen and oxygen atoms in total. The highest BCUT2D eigenvalue weighted by Crippen LogP contribution is 2.26. The fraction of sp³-hybridized carbons (Fsp3) is 1.00. The van der Waals surface area contributed by atoms with Crippen LogP contribution in [0.3, 0.4) is 0 Å². The van der Waals surface area contributed by atoms with Crippen LogP contribution in [0.1, 0.15) is 52.4 Å². The molecule has 0 saturated heterocycles. The lowest BCUT2D eigenvalue weighted by Crippen LogP contribution is -2.53. The first-order chi connectivity index (χ1) is 8.31. The lowest BCUT2D eigenvalue weighted by atomic mass is 9.91. The van der Waals surface area contributed by atoms with Gasteiger partial charge in [-0.05, 0) is 26.7 Å². The van der Waals surface area contributed by atoms with Crippen molar-refractivity contribution in [3.8, 4) is 0 Å². The van der Waals surface area contributed by atoms with Crippen LogP contribution < -0.4 is 5.73 Å². The minimum absolute atomic E-state index is 0.123. The topological polar surface area (TPSA) is 29.3 Å². The maximum Gasteiger partial charge on any atom is 0.401 e. The molecule has 108 valence electrons. The summed E-state index contributed by atoms with van der Waals surface area (Å²) in [6.07, 6.45) is 1.77. The molecule has 1 fully saturated rings. The Bertz CT molecular complexity index is 241. The van der Waals surface area contributed by atoms with Crippen molar-refractivity contribution >= 4 is 0 Å². The summed E-state index contributed by atoms with van der Waals surface area (Å²) in [7, 11) is 0. The third kappa shape index (κ3) is 5.14. The molecule has 0 aliphatic heterocycles. The highest BCUT2D eigenvalue weighted by Gasteiger charge is 2.37. The van der Waals surface area contributed by atoms with Crippen LogP contribution in [0.15, 0.2) is 0 Å². The predicted octanol–water partition coefficient (Wildman–Crippen LogP) is 3.31. The number of halogens is 3. The molecule has 0 bridgehead atoms. The van der Waals surface area contributed by atoms with Gasteiger partial charge in [-0.15, -0.1) is 0 Å². The van der Waals surface area contributed by atoms with Crippen LogP contribution in [0.4, 0.5) is 13.2 Å². The zero-order chi connectivity index (χ0) is 13.8. The van der Waals surface area contributed by atoms with E-state index < -0.39 is 12.7 Å². The molecule has 18 heavy (non-hydrogen) atoms. The van der Waals surface area contributed by atoms with E-state index >= 15 is 0 Å². The molecule has 0 amide bonds. The number of hydrogen-bond acceptors (Lipinski definition) is 2. The van der Waals surface area contributed by atoms with E-state index in [1.807, 2.05) is 13.8 Å². The van der Waals surface area contributed by atoms with Gasteiger partial charge in [0.2, 0.25) is 0 Å². The molecule has 1 aliphatic rings. The lowest BCUT2D eigenvalue weighted by molar-refractivity contribution is -0.157. The van der Waals surface area contributed by atoms with Gasteiger partial charge in [0.05, 0.1) is 6.54 Å². The quantitative estimate of drug-likeness (QED) is 0.849. The molecule has 2 N–H and O–H groups in total. The van der Waals surface area contributed by atoms with Crippen molar-refractivity contribution in [2.24, 2.45) is 5.73 Å². The largest absolute Gasteiger partial charge is 0.401 e. The Hall–Kier alpha value is -0.290. The molecule has 2 unspecified atom stereocenters. The fourth-order valence-electron chi connectivity index (χ4n) is 2.80. The lowest BCUT2D eigenvalue weighted by Gasteiger charge is -2.39. The number of nitrogens with zero attached hydrogens (tertiary/aromatic N) is 1. The summed E-state index contributed by atoms with van der Waals surface area (Å²) >= 11 is 0. The number of rotatable bonds is 3. The van der Waals surface area contributed by atoms with Gasteiger partial charge < -0.3 is 5.73 Å². The van der Waals surface area contributed by atoms with Crippen molar-refractivity contribution in [2.75, 3.05) is 6.54 Å². The van der Waals surface area contributed by atoms with Gasteiger partial charge in [0.25, 0.3) is 0 Å². The summed E-state index contributed by atoms with van der Waals surface area (Å²) in [6, 6.07) is -0.385. The first-order valence-corrected chi connectivity index (χ1v) is 6.89. The molecule has 0 aromatic carbocycles. The zero-order valence-electron chi connectivity index (χ0n) is 11.3. The molecular formula is C13H25F3N2. The highest BCUT2D eigenvalue weighted by molar-refractivity contribution is 4.86. The van der Waals surface area contributed by atoms with Crippen LogP contribution in [-0.4, -0.2) is 35.7 Å². The molecule has 1 rings (SSSR count). The number of alkyl halides is 3. The van der Waals surface area contributed by atoms with Gasteiger partial charge >= 0.3 is 6.18 Å². The van der Waals surface area contributed by atoms with Crippen LogP contribution >= 0.6 is 0 Å². The number of nitrogens with two attached hydrogens (primary N) is 1. The molecule has 2 atom stereocenters. The molecule has 5 heteroatoms. The van der Waals surface area contributed by atoms with Crippen molar-refractivity contribution in [1.29, 1.82) is 0 Å². The Morgan fingerprint density at radius 2 is 1.67 bits per heavy atom. The third-order valence-electron chi connectivity index (χ3n) is 3.73. The molecule has 1 aliphatic carbocycles. The summed E-state index contributed by atoms with van der Waals surface area (Å²) in [5, 5.41) is 0. The zero-order valence-corrected chi connectivity index (χ0v) is 11.3. The van der Waals surface area contributed by atoms with E-state index in [0.717, 1.165) is 38.5 Å². The standard InChI is InChI=1S/C13H25F3N2/c1-10(2)18(9-13(14,15)16)12-8-6-4-3-5-7-11(12)17/h10-12H,3-9,17H2,1-2H3. The second kappa shape index (κ2) is 6.75. The fourth-order valence-corrected chi connectivity index (χ4v) is 2.80. The molecule has 0 radical (unpaired) electrons. The Balaban J connectivity index is 2.74. The number of hydrogen-bond donors (Lipinski definition) is 1. The van der Waals surface area contributed by atoms with E-state index in [-0.39, 0.29) is 18.1 Å². The average molecular weight is 266 g/mol. The SMILES string of the molecule is CC(C)N(CC(F)(F)F)C1CCCCCCC1N. The van der Waals surface area contributed by atoms with E-state index in [2.05, 4.69) is 0 Å². The smallest absolute Gasteiger partial charge is 0.326 e. The maximum absolute atomic E-state index is 12.6. The van der Waals surface area contributed by atoms with E-state index in [1.165, 1.54) is 4.90 Å². The van der Waals surface area contributed by atoms with Crippen LogP contribution in [0, 0.1) is 0 Å². The summed E-state index contributed by atoms with van der Waals surface area (Å²) < 4.78 is 37.9. The summed E-state index contributed by atoms with van der Waals surface area (Å²) in [5.41, 5.74) is 6.10. The van der Waals surface area contributed by atoms with E-state index in [9.17, 15) is 13.2 Å². The van der Waals surface area contributed by atoms with Gasteiger partial charge in [0, 0.05) is 18.1 Å². The van der Waals surface area contributed by atoms with Gasteiger partial charge in [0.15, 0.2) is 0 Å². The van der Waals surface area contributed by atoms with Gasteiger partial charge in [-0.3, -0.25) is 4.90 Å². The summed E-state index contributed by atoms with van der Waals surface area (Å²) in [5.74, 6) is 0. The van der Waals surface area contributed by atoms with Crippen LogP contribution in [0.5, 0.6) is 0 Å². The minimum atomic E-state index is -4.15. The predicted molar refractivity (Wildman–Crippen MR) is 67.4 cm³/mol. The molecular weight excluding hydrogens is 241 g/mol. The van der Waals surface area contributed by atoms with Crippen molar-refractivity contribution in [3.05, 3.63) is 0 Å². The molecule has 1 saturated carbocycles. The summed E-state index contributed by atoms with van der Waals surface area (Å²) in [6.45, 7) is 2.79. The van der Waals surface area contributed by atoms with Gasteiger partial charge in [-0.2, -0.15) is 13.2 Å². The normalized spacial score (nSPS) is 27.3. The Morgan fingerprint density at radius 1 is 1.11 bits per heavy atom. The first-order valence-electron chi connectivity index (χ1n) is 6.89. The maximum atomic E-state index is 12.6. The second-order valence-corrected chi connectivity index (χ2v) is 5.60. The highest BCUT2D eigenvalue weighted by atomic mass is 19.4. The monoisotopic (exact) mass is 266 g/mol. The van der Waals surface area contributed by atoms with Crippen molar-refractivity contribution in [3.63, 3.8) is 0 Å². The molecule has 0 heterocycles. The minimum Gasteiger partial charge on any atom is -0.326 e. The van der Waals surface area contributed by atoms with Crippen molar-refractivity contribution in [1.82, 2.24) is 4.90 Å². The molecule has 0 spiro atoms. The average Bonchev–Trinajstić information content (AvgIpc) is 2.20. The Morgan fingerprint density at radius 3 is 2.17 bits per heavy atom. The van der Waals surface area contributed by atoms with Gasteiger partial charge in [-0.1, -0.05) is 25.7 Å². The second-order valence-electron chi connectivity index (χ2n) is 5.60. The molecule has 0 aromatic rings. The van der Waals surface area contributed by atoms with E-state index in [4.69, 9.17) is 5.73 Å². The Labute approximate surface area is 108 Å². The van der Waals surface area contributed by atoms with E-state index in [1.54, 1.807) is 0 Å². The van der Waals surface area contributed by atoms with Gasteiger partial charge in [0.1, 0.15) is 0 Å². The Kier molecular flexibility index (Phi) is 5.92. The van der Waals surface area contributed by atoms with Gasteiger partial charge in [-0.25, -0.2) is 0 Å². The van der Waals surface area contributed by atoms with E-state index in [0.29, 0.717) is 0 Å². The van der Waals surface area contributed by atoms with Crippen LogP contribution in [-0.2, 0) is 0 Å². The van der Waals surface area contributed by atoms with Crippen LogP contribution in [0.2, 0.25) is 0 Å². The first kappa shape index (κ1) is 15.8. The third-order valence-corrected chi connectivity index (χ3v) is 3.73. The van der Waals surface area contributed by atoms with Crippen molar-refractivity contribution in [2.45, 2.75) is 76.7 Å². The molecule has 0 aromatic heterocycles.